The molecule has 0 radical (unpaired) electrons. The largest absolute Gasteiger partial charge is 0.363 e. The van der Waals surface area contributed by atoms with E-state index < -0.39 is 5.82 Å². The second-order valence-corrected chi connectivity index (χ2v) is 5.57. The van der Waals surface area contributed by atoms with E-state index in [0.29, 0.717) is 19.0 Å². The van der Waals surface area contributed by atoms with Gasteiger partial charge in [0.05, 0.1) is 12.7 Å². The molecule has 0 unspecified atom stereocenters. The van der Waals surface area contributed by atoms with Gasteiger partial charge in [-0.2, -0.15) is 4.98 Å². The third kappa shape index (κ3) is 3.41. The van der Waals surface area contributed by atoms with Crippen LogP contribution in [0.4, 0.5) is 16.2 Å². The Balaban J connectivity index is 2.07. The third-order valence-electron chi connectivity index (χ3n) is 2.73. The van der Waals surface area contributed by atoms with Gasteiger partial charge in [-0.05, 0) is 32.4 Å². The number of hydrogen-bond donors (Lipinski definition) is 2. The Morgan fingerprint density at radius 3 is 2.74 bits per heavy atom. The van der Waals surface area contributed by atoms with Gasteiger partial charge in [0, 0.05) is 16.3 Å². The van der Waals surface area contributed by atoms with Gasteiger partial charge in [0.2, 0.25) is 5.95 Å². The van der Waals surface area contributed by atoms with Crippen LogP contribution >= 0.6 is 11.3 Å². The van der Waals surface area contributed by atoms with Crippen LogP contribution < -0.4 is 10.6 Å². The van der Waals surface area contributed by atoms with Crippen molar-refractivity contribution in [3.05, 3.63) is 33.4 Å². The zero-order valence-electron chi connectivity index (χ0n) is 11.2. The van der Waals surface area contributed by atoms with Crippen molar-refractivity contribution in [2.45, 2.75) is 27.3 Å². The van der Waals surface area contributed by atoms with Gasteiger partial charge in [-0.1, -0.05) is 0 Å². The molecule has 2 aromatic rings. The fourth-order valence-corrected chi connectivity index (χ4v) is 2.64. The van der Waals surface area contributed by atoms with Crippen LogP contribution in [0.25, 0.3) is 0 Å². The molecular weight excluding hydrogens is 263 g/mol. The molecule has 2 aromatic heterocycles. The fourth-order valence-electron chi connectivity index (χ4n) is 1.64. The van der Waals surface area contributed by atoms with Crippen molar-refractivity contribution in [3.8, 4) is 0 Å². The second-order valence-electron chi connectivity index (χ2n) is 4.23. The molecule has 0 bridgehead atoms. The Kier molecular flexibility index (Phi) is 4.31. The minimum Gasteiger partial charge on any atom is -0.363 e. The number of aryl methyl sites for hydroxylation is 2. The predicted octanol–water partition coefficient (Wildman–Crippen LogP) is 3.34. The van der Waals surface area contributed by atoms with Gasteiger partial charge in [0.1, 0.15) is 0 Å². The first-order chi connectivity index (χ1) is 9.10. The highest BCUT2D eigenvalue weighted by Gasteiger charge is 2.07. The Hall–Kier alpha value is -1.69. The predicted molar refractivity (Wildman–Crippen MR) is 77.3 cm³/mol. The molecule has 0 fully saturated rings. The van der Waals surface area contributed by atoms with Crippen molar-refractivity contribution in [3.63, 3.8) is 0 Å². The van der Waals surface area contributed by atoms with E-state index in [2.05, 4.69) is 40.5 Å². The summed E-state index contributed by atoms with van der Waals surface area (Å²) in [5.74, 6) is 0.228. The van der Waals surface area contributed by atoms with Gasteiger partial charge in [-0.15, -0.1) is 11.3 Å². The second kappa shape index (κ2) is 5.97. The smallest absolute Gasteiger partial charge is 0.224 e. The van der Waals surface area contributed by atoms with Crippen LogP contribution in [0.3, 0.4) is 0 Å². The molecule has 4 nitrogen and oxygen atoms in total. The summed E-state index contributed by atoms with van der Waals surface area (Å²) in [6.07, 6.45) is 1.18. The maximum Gasteiger partial charge on any atom is 0.224 e. The van der Waals surface area contributed by atoms with Crippen LogP contribution in [0, 0.1) is 19.7 Å². The zero-order valence-corrected chi connectivity index (χ0v) is 12.1. The fraction of sp³-hybridized carbons (Fsp3) is 0.385. The minimum absolute atomic E-state index is 0.231. The number of rotatable bonds is 5. The van der Waals surface area contributed by atoms with E-state index in [9.17, 15) is 4.39 Å². The van der Waals surface area contributed by atoms with Crippen LogP contribution in [-0.2, 0) is 6.54 Å². The first-order valence-corrected chi connectivity index (χ1v) is 6.98. The number of hydrogen-bond acceptors (Lipinski definition) is 5. The number of aromatic nitrogens is 2. The lowest BCUT2D eigenvalue weighted by molar-refractivity contribution is 0.617. The quantitative estimate of drug-likeness (QED) is 0.882. The molecular formula is C13H17FN4S. The van der Waals surface area contributed by atoms with E-state index in [1.807, 2.05) is 6.92 Å². The molecule has 102 valence electrons. The van der Waals surface area contributed by atoms with Gasteiger partial charge < -0.3 is 10.6 Å². The average Bonchev–Trinajstić information content (AvgIpc) is 2.70. The van der Waals surface area contributed by atoms with Crippen molar-refractivity contribution in [2.24, 2.45) is 0 Å². The molecule has 2 N–H and O–H groups in total. The molecule has 0 amide bonds. The summed E-state index contributed by atoms with van der Waals surface area (Å²) < 4.78 is 13.6. The average molecular weight is 280 g/mol. The van der Waals surface area contributed by atoms with E-state index in [0.717, 1.165) is 4.88 Å². The summed E-state index contributed by atoms with van der Waals surface area (Å²) in [5, 5.41) is 5.97. The molecule has 0 atom stereocenters. The topological polar surface area (TPSA) is 49.8 Å². The maximum atomic E-state index is 13.6. The van der Waals surface area contributed by atoms with E-state index in [4.69, 9.17) is 0 Å². The molecule has 0 saturated heterocycles. The number of nitrogens with one attached hydrogen (secondary N) is 2. The van der Waals surface area contributed by atoms with Crippen molar-refractivity contribution >= 4 is 23.1 Å². The SMILES string of the molecule is CCNc1ncc(F)c(NCc2cc(C)c(C)s2)n1. The van der Waals surface area contributed by atoms with Gasteiger partial charge >= 0.3 is 0 Å². The highest BCUT2D eigenvalue weighted by Crippen LogP contribution is 2.22. The van der Waals surface area contributed by atoms with Gasteiger partial charge in [0.25, 0.3) is 0 Å². The van der Waals surface area contributed by atoms with Crippen LogP contribution in [0.5, 0.6) is 0 Å². The molecule has 0 aliphatic carbocycles. The molecule has 19 heavy (non-hydrogen) atoms. The highest BCUT2D eigenvalue weighted by molar-refractivity contribution is 7.12. The van der Waals surface area contributed by atoms with Gasteiger partial charge in [0.15, 0.2) is 11.6 Å². The summed E-state index contributed by atoms with van der Waals surface area (Å²) in [4.78, 5) is 10.4. The van der Waals surface area contributed by atoms with Crippen molar-refractivity contribution in [1.82, 2.24) is 9.97 Å². The van der Waals surface area contributed by atoms with Crippen LogP contribution in [0.1, 0.15) is 22.2 Å². The highest BCUT2D eigenvalue weighted by atomic mass is 32.1. The lowest BCUT2D eigenvalue weighted by Crippen LogP contribution is -2.07. The summed E-state index contributed by atoms with van der Waals surface area (Å²) in [5.41, 5.74) is 1.26. The Labute approximate surface area is 116 Å². The van der Waals surface area contributed by atoms with E-state index >= 15 is 0 Å². The molecule has 0 saturated carbocycles. The number of anilines is 2. The monoisotopic (exact) mass is 280 g/mol. The standard InChI is InChI=1S/C13H17FN4S/c1-4-15-13-17-7-11(14)12(18-13)16-6-10-5-8(2)9(3)19-10/h5,7H,4,6H2,1-3H3,(H2,15,16,17,18). The van der Waals surface area contributed by atoms with Crippen molar-refractivity contribution in [2.75, 3.05) is 17.2 Å². The van der Waals surface area contributed by atoms with E-state index in [1.165, 1.54) is 16.6 Å². The van der Waals surface area contributed by atoms with Crippen molar-refractivity contribution in [1.29, 1.82) is 0 Å². The summed E-state index contributed by atoms with van der Waals surface area (Å²) in [7, 11) is 0. The first kappa shape index (κ1) is 13.7. The molecule has 6 heteroatoms. The molecule has 0 aliphatic rings. The molecule has 0 spiro atoms. The van der Waals surface area contributed by atoms with Crippen LogP contribution in [-0.4, -0.2) is 16.5 Å². The Morgan fingerprint density at radius 1 is 1.32 bits per heavy atom. The number of thiophene rings is 1. The van der Waals surface area contributed by atoms with Crippen LogP contribution in [0.2, 0.25) is 0 Å². The van der Waals surface area contributed by atoms with Crippen molar-refractivity contribution < 1.29 is 4.39 Å². The first-order valence-electron chi connectivity index (χ1n) is 6.16. The number of halogens is 1. The van der Waals surface area contributed by atoms with E-state index in [1.54, 1.807) is 11.3 Å². The number of nitrogens with zero attached hydrogens (tertiary/aromatic N) is 2. The maximum absolute atomic E-state index is 13.6. The Morgan fingerprint density at radius 2 is 2.11 bits per heavy atom. The molecule has 0 aliphatic heterocycles. The van der Waals surface area contributed by atoms with Crippen LogP contribution in [0.15, 0.2) is 12.3 Å². The lowest BCUT2D eigenvalue weighted by atomic mass is 10.3. The minimum atomic E-state index is -0.438. The summed E-state index contributed by atoms with van der Waals surface area (Å²) in [6.45, 7) is 7.37. The molecule has 0 aromatic carbocycles. The lowest BCUT2D eigenvalue weighted by Gasteiger charge is -2.07. The summed E-state index contributed by atoms with van der Waals surface area (Å²) >= 11 is 1.71. The van der Waals surface area contributed by atoms with E-state index in [-0.39, 0.29) is 5.82 Å². The summed E-state index contributed by atoms with van der Waals surface area (Å²) in [6, 6.07) is 2.11. The normalized spacial score (nSPS) is 10.5. The molecule has 2 rings (SSSR count). The zero-order chi connectivity index (χ0) is 13.8. The third-order valence-corrected chi connectivity index (χ3v) is 3.88. The van der Waals surface area contributed by atoms with Gasteiger partial charge in [-0.25, -0.2) is 9.37 Å². The van der Waals surface area contributed by atoms with Gasteiger partial charge in [-0.3, -0.25) is 0 Å². The molecule has 2 heterocycles. The Bertz CT molecular complexity index is 548.